The van der Waals surface area contributed by atoms with Gasteiger partial charge in [0.2, 0.25) is 11.9 Å². The molecule has 1 atom stereocenters. The molecule has 0 amide bonds. The lowest BCUT2D eigenvalue weighted by atomic mass is 10.2. The van der Waals surface area contributed by atoms with Crippen LogP contribution in [-0.2, 0) is 0 Å². The van der Waals surface area contributed by atoms with Gasteiger partial charge in [0, 0.05) is 13.6 Å². The summed E-state index contributed by atoms with van der Waals surface area (Å²) in [5.74, 6) is 0.806. The van der Waals surface area contributed by atoms with E-state index in [0.29, 0.717) is 18.4 Å². The molecule has 0 bridgehead atoms. The minimum absolute atomic E-state index is 0.233. The van der Waals surface area contributed by atoms with Gasteiger partial charge in [-0.1, -0.05) is 13.3 Å². The molecule has 1 rings (SSSR count). The number of aliphatic hydroxyl groups is 1. The number of ether oxygens (including phenoxy) is 1. The zero-order valence-electron chi connectivity index (χ0n) is 10.4. The highest BCUT2D eigenvalue weighted by atomic mass is 16.5. The molecule has 1 aromatic heterocycles. The monoisotopic (exact) mass is 241 g/mol. The summed E-state index contributed by atoms with van der Waals surface area (Å²) in [4.78, 5) is 12.1. The molecule has 1 aromatic rings. The van der Waals surface area contributed by atoms with Gasteiger partial charge in [0.15, 0.2) is 0 Å². The van der Waals surface area contributed by atoms with Crippen LogP contribution in [0, 0.1) is 0 Å². The summed E-state index contributed by atoms with van der Waals surface area (Å²) >= 11 is 0. The van der Waals surface area contributed by atoms with Crippen molar-refractivity contribution in [2.45, 2.75) is 25.9 Å². The van der Waals surface area contributed by atoms with Gasteiger partial charge in [0.1, 0.15) is 0 Å². The Kier molecular flexibility index (Phi) is 5.41. The zero-order chi connectivity index (χ0) is 12.7. The minimum atomic E-state index is -0.402. The van der Waals surface area contributed by atoms with Crippen molar-refractivity contribution < 1.29 is 9.84 Å². The van der Waals surface area contributed by atoms with Crippen LogP contribution < -0.4 is 15.4 Å². The molecule has 0 radical (unpaired) electrons. The number of anilines is 2. The van der Waals surface area contributed by atoms with E-state index in [-0.39, 0.29) is 6.01 Å². The van der Waals surface area contributed by atoms with Gasteiger partial charge in [0.05, 0.1) is 13.2 Å². The van der Waals surface area contributed by atoms with E-state index in [1.54, 1.807) is 7.05 Å². The Hall–Kier alpha value is -1.63. The summed E-state index contributed by atoms with van der Waals surface area (Å²) in [5, 5.41) is 15.3. The highest BCUT2D eigenvalue weighted by Crippen LogP contribution is 2.10. The quantitative estimate of drug-likeness (QED) is 0.640. The Morgan fingerprint density at radius 3 is 2.59 bits per heavy atom. The Balaban J connectivity index is 2.63. The van der Waals surface area contributed by atoms with Gasteiger partial charge in [-0.15, -0.1) is 0 Å². The number of aromatic nitrogens is 3. The Morgan fingerprint density at radius 2 is 2.00 bits per heavy atom. The van der Waals surface area contributed by atoms with E-state index < -0.39 is 6.10 Å². The second-order valence-electron chi connectivity index (χ2n) is 3.54. The summed E-state index contributed by atoms with van der Waals surface area (Å²) in [7, 11) is 3.20. The van der Waals surface area contributed by atoms with E-state index in [1.165, 1.54) is 7.11 Å². The largest absolute Gasteiger partial charge is 0.467 e. The summed E-state index contributed by atoms with van der Waals surface area (Å²) in [5.41, 5.74) is 0. The van der Waals surface area contributed by atoms with E-state index >= 15 is 0 Å². The molecule has 0 saturated heterocycles. The van der Waals surface area contributed by atoms with Gasteiger partial charge in [-0.05, 0) is 6.42 Å². The third-order valence-electron chi connectivity index (χ3n) is 2.14. The predicted octanol–water partition coefficient (Wildman–Crippen LogP) is 0.495. The van der Waals surface area contributed by atoms with Crippen molar-refractivity contribution >= 4 is 11.9 Å². The molecular weight excluding hydrogens is 222 g/mol. The number of nitrogens with one attached hydrogen (secondary N) is 2. The van der Waals surface area contributed by atoms with Crippen LogP contribution in [0.3, 0.4) is 0 Å². The lowest BCUT2D eigenvalue weighted by Crippen LogP contribution is -2.20. The Bertz CT molecular complexity index is 325. The van der Waals surface area contributed by atoms with Crippen LogP contribution in [0.5, 0.6) is 6.01 Å². The summed E-state index contributed by atoms with van der Waals surface area (Å²) in [6.07, 6.45) is 1.28. The van der Waals surface area contributed by atoms with Crippen molar-refractivity contribution in [3.05, 3.63) is 0 Å². The van der Waals surface area contributed by atoms with Gasteiger partial charge >= 0.3 is 6.01 Å². The SMILES string of the molecule is CCCC(O)CNc1nc(NC)nc(OC)n1. The molecule has 1 unspecified atom stereocenters. The van der Waals surface area contributed by atoms with Crippen LogP contribution in [0.4, 0.5) is 11.9 Å². The van der Waals surface area contributed by atoms with Gasteiger partial charge in [0.25, 0.3) is 0 Å². The maximum Gasteiger partial charge on any atom is 0.322 e. The maximum absolute atomic E-state index is 9.58. The molecular formula is C10H19N5O2. The van der Waals surface area contributed by atoms with Crippen molar-refractivity contribution in [1.29, 1.82) is 0 Å². The molecule has 0 aromatic carbocycles. The molecule has 0 aliphatic heterocycles. The smallest absolute Gasteiger partial charge is 0.322 e. The topological polar surface area (TPSA) is 92.2 Å². The average molecular weight is 241 g/mol. The molecule has 7 nitrogen and oxygen atoms in total. The molecule has 0 fully saturated rings. The summed E-state index contributed by atoms with van der Waals surface area (Å²) < 4.78 is 4.95. The molecule has 7 heteroatoms. The van der Waals surface area contributed by atoms with Crippen molar-refractivity contribution in [2.24, 2.45) is 0 Å². The molecule has 0 aliphatic carbocycles. The maximum atomic E-state index is 9.58. The van der Waals surface area contributed by atoms with Crippen LogP contribution in [0.25, 0.3) is 0 Å². The van der Waals surface area contributed by atoms with Gasteiger partial charge in [-0.25, -0.2) is 0 Å². The van der Waals surface area contributed by atoms with Crippen molar-refractivity contribution in [2.75, 3.05) is 31.3 Å². The summed E-state index contributed by atoms with van der Waals surface area (Å²) in [6.45, 7) is 2.43. The van der Waals surface area contributed by atoms with Gasteiger partial charge in [-0.3, -0.25) is 0 Å². The number of hydrogen-bond acceptors (Lipinski definition) is 7. The second-order valence-corrected chi connectivity index (χ2v) is 3.54. The Morgan fingerprint density at radius 1 is 1.29 bits per heavy atom. The number of hydrogen-bond donors (Lipinski definition) is 3. The van der Waals surface area contributed by atoms with E-state index in [1.807, 2.05) is 6.92 Å². The Labute approximate surface area is 101 Å². The second kappa shape index (κ2) is 6.85. The minimum Gasteiger partial charge on any atom is -0.467 e. The fourth-order valence-corrected chi connectivity index (χ4v) is 1.28. The first kappa shape index (κ1) is 13.4. The number of rotatable bonds is 7. The predicted molar refractivity (Wildman–Crippen MR) is 65.3 cm³/mol. The van der Waals surface area contributed by atoms with Crippen LogP contribution >= 0.6 is 0 Å². The first-order valence-corrected chi connectivity index (χ1v) is 5.59. The molecule has 1 heterocycles. The van der Waals surface area contributed by atoms with Crippen LogP contribution in [-0.4, -0.2) is 46.9 Å². The lowest BCUT2D eigenvalue weighted by Gasteiger charge is -2.11. The van der Waals surface area contributed by atoms with Gasteiger partial charge in [-0.2, -0.15) is 15.0 Å². The van der Waals surface area contributed by atoms with Crippen LogP contribution in [0.1, 0.15) is 19.8 Å². The highest BCUT2D eigenvalue weighted by Gasteiger charge is 2.07. The molecule has 3 N–H and O–H groups in total. The molecule has 0 aliphatic rings. The average Bonchev–Trinajstić information content (AvgIpc) is 2.36. The fourth-order valence-electron chi connectivity index (χ4n) is 1.28. The first-order valence-electron chi connectivity index (χ1n) is 5.59. The highest BCUT2D eigenvalue weighted by molar-refractivity contribution is 5.35. The number of aliphatic hydroxyl groups excluding tert-OH is 1. The van der Waals surface area contributed by atoms with Crippen LogP contribution in [0.2, 0.25) is 0 Å². The fraction of sp³-hybridized carbons (Fsp3) is 0.700. The van der Waals surface area contributed by atoms with E-state index in [4.69, 9.17) is 4.74 Å². The molecule has 17 heavy (non-hydrogen) atoms. The third-order valence-corrected chi connectivity index (χ3v) is 2.14. The molecule has 0 spiro atoms. The van der Waals surface area contributed by atoms with Crippen LogP contribution in [0.15, 0.2) is 0 Å². The van der Waals surface area contributed by atoms with E-state index in [0.717, 1.165) is 12.8 Å². The normalized spacial score (nSPS) is 12.0. The third kappa shape index (κ3) is 4.39. The number of nitrogens with zero attached hydrogens (tertiary/aromatic N) is 3. The van der Waals surface area contributed by atoms with E-state index in [9.17, 15) is 5.11 Å². The van der Waals surface area contributed by atoms with Crippen molar-refractivity contribution in [3.63, 3.8) is 0 Å². The zero-order valence-corrected chi connectivity index (χ0v) is 10.4. The van der Waals surface area contributed by atoms with E-state index in [2.05, 4.69) is 25.6 Å². The van der Waals surface area contributed by atoms with Crippen molar-refractivity contribution in [1.82, 2.24) is 15.0 Å². The number of methoxy groups -OCH3 is 1. The summed E-state index contributed by atoms with van der Waals surface area (Å²) in [6, 6.07) is 0.233. The molecule has 96 valence electrons. The van der Waals surface area contributed by atoms with Crippen molar-refractivity contribution in [3.8, 4) is 6.01 Å². The molecule has 0 saturated carbocycles. The first-order chi connectivity index (χ1) is 8.19. The standard InChI is InChI=1S/C10H19N5O2/c1-4-5-7(16)6-12-9-13-8(11-2)14-10(15-9)17-3/h7,16H,4-6H2,1-3H3,(H2,11,12,13,14,15). The lowest BCUT2D eigenvalue weighted by molar-refractivity contribution is 0.176. The van der Waals surface area contributed by atoms with Gasteiger partial charge < -0.3 is 20.5 Å².